The van der Waals surface area contributed by atoms with Crippen LogP contribution in [-0.4, -0.2) is 26.4 Å². The van der Waals surface area contributed by atoms with E-state index in [0.29, 0.717) is 5.69 Å². The monoisotopic (exact) mass is 396 g/mol. The van der Waals surface area contributed by atoms with Crippen LogP contribution >= 0.6 is 11.8 Å². The summed E-state index contributed by atoms with van der Waals surface area (Å²) in [6.45, 7) is 1.27. The van der Waals surface area contributed by atoms with Crippen molar-refractivity contribution in [1.29, 1.82) is 0 Å². The van der Waals surface area contributed by atoms with Crippen LogP contribution in [0.4, 0.5) is 10.1 Å². The maximum absolute atomic E-state index is 14.3. The summed E-state index contributed by atoms with van der Waals surface area (Å²) in [5.74, 6) is -1.13. The Hall–Kier alpha value is -3.26. The molecule has 0 aliphatic heterocycles. The van der Waals surface area contributed by atoms with E-state index in [9.17, 15) is 14.3 Å². The fraction of sp³-hybridized carbons (Fsp3) is 0.100. The molecule has 1 N–H and O–H groups in total. The molecule has 1 aromatic heterocycles. The van der Waals surface area contributed by atoms with Gasteiger partial charge in [0.05, 0.1) is 11.4 Å². The van der Waals surface area contributed by atoms with Crippen LogP contribution in [0.15, 0.2) is 93.6 Å². The van der Waals surface area contributed by atoms with Crippen molar-refractivity contribution in [3.63, 3.8) is 0 Å². The zero-order valence-corrected chi connectivity index (χ0v) is 15.8. The number of benzene rings is 2. The van der Waals surface area contributed by atoms with Crippen LogP contribution in [0, 0.1) is 5.82 Å². The molecule has 3 rings (SSSR count). The summed E-state index contributed by atoms with van der Waals surface area (Å²) in [6.07, 6.45) is 3.28. The third kappa shape index (κ3) is 4.92. The Bertz CT molecular complexity index is 1020. The van der Waals surface area contributed by atoms with Gasteiger partial charge in [0.25, 0.3) is 0 Å². The SMILES string of the molecule is CC(=O)C(N=Nc1ccc(-n2cccn2)cc1F)=C(O)CSc1ccccc1. The number of carbonyl (C=O) groups is 1. The van der Waals surface area contributed by atoms with Crippen LogP contribution in [0.25, 0.3) is 5.69 Å². The van der Waals surface area contributed by atoms with E-state index in [1.54, 1.807) is 24.5 Å². The molecule has 0 atom stereocenters. The van der Waals surface area contributed by atoms with Crippen LogP contribution < -0.4 is 0 Å². The molecular weight excluding hydrogens is 379 g/mol. The maximum atomic E-state index is 14.3. The highest BCUT2D eigenvalue weighted by atomic mass is 32.2. The lowest BCUT2D eigenvalue weighted by Gasteiger charge is -2.05. The fourth-order valence-electron chi connectivity index (χ4n) is 2.31. The standard InChI is InChI=1S/C20H17FN4O2S/c1-14(26)20(19(27)13-28-16-6-3-2-4-7-16)24-23-18-9-8-15(12-17(18)21)25-11-5-10-22-25/h2-12,27H,13H2,1H3. The molecule has 6 nitrogen and oxygen atoms in total. The van der Waals surface area contributed by atoms with Crippen LogP contribution in [0.5, 0.6) is 0 Å². The number of azo groups is 1. The van der Waals surface area contributed by atoms with E-state index in [0.717, 1.165) is 4.90 Å². The van der Waals surface area contributed by atoms with Crippen molar-refractivity contribution in [2.45, 2.75) is 11.8 Å². The topological polar surface area (TPSA) is 79.8 Å². The summed E-state index contributed by atoms with van der Waals surface area (Å²) in [7, 11) is 0. The average molecular weight is 396 g/mol. The number of Topliss-reactive ketones (excluding diaryl/α,β-unsaturated/α-hetero) is 1. The molecule has 0 saturated heterocycles. The third-order valence-electron chi connectivity index (χ3n) is 3.68. The Balaban J connectivity index is 1.78. The molecule has 0 spiro atoms. The van der Waals surface area contributed by atoms with Gasteiger partial charge < -0.3 is 5.11 Å². The van der Waals surface area contributed by atoms with Crippen molar-refractivity contribution in [3.05, 3.63) is 84.3 Å². The summed E-state index contributed by atoms with van der Waals surface area (Å²) in [6, 6.07) is 15.5. The molecule has 2 aromatic carbocycles. The second-order valence-corrected chi connectivity index (χ2v) is 6.79. The number of ketones is 1. The van der Waals surface area contributed by atoms with Crippen LogP contribution in [-0.2, 0) is 4.79 Å². The molecule has 28 heavy (non-hydrogen) atoms. The third-order valence-corrected chi connectivity index (χ3v) is 4.71. The number of aliphatic hydroxyl groups excluding tert-OH is 1. The van der Waals surface area contributed by atoms with Crippen molar-refractivity contribution >= 4 is 23.2 Å². The van der Waals surface area contributed by atoms with Gasteiger partial charge >= 0.3 is 0 Å². The molecule has 0 saturated carbocycles. The molecule has 142 valence electrons. The quantitative estimate of drug-likeness (QED) is 0.256. The predicted molar refractivity (Wildman–Crippen MR) is 106 cm³/mol. The zero-order valence-electron chi connectivity index (χ0n) is 15.0. The van der Waals surface area contributed by atoms with Crippen LogP contribution in [0.1, 0.15) is 6.92 Å². The first-order valence-corrected chi connectivity index (χ1v) is 9.35. The number of aliphatic hydroxyl groups is 1. The number of rotatable bonds is 7. The molecule has 0 unspecified atom stereocenters. The lowest BCUT2D eigenvalue weighted by molar-refractivity contribution is -0.113. The van der Waals surface area contributed by atoms with E-state index in [1.807, 2.05) is 30.3 Å². The molecule has 0 bridgehead atoms. The minimum absolute atomic E-state index is 0.0434. The number of allylic oxidation sites excluding steroid dienone is 1. The first-order chi connectivity index (χ1) is 13.5. The maximum Gasteiger partial charge on any atom is 0.183 e. The van der Waals surface area contributed by atoms with Gasteiger partial charge in [-0.15, -0.1) is 22.0 Å². The Kier molecular flexibility index (Phi) is 6.33. The molecule has 0 aliphatic carbocycles. The Morgan fingerprint density at radius 1 is 1.21 bits per heavy atom. The zero-order chi connectivity index (χ0) is 19.9. The Morgan fingerprint density at radius 2 is 2.00 bits per heavy atom. The van der Waals surface area contributed by atoms with Gasteiger partial charge in [0.2, 0.25) is 0 Å². The summed E-state index contributed by atoms with van der Waals surface area (Å²) in [5, 5.41) is 21.9. The van der Waals surface area contributed by atoms with Gasteiger partial charge in [0.1, 0.15) is 11.4 Å². The molecule has 3 aromatic rings. The van der Waals surface area contributed by atoms with E-state index in [4.69, 9.17) is 0 Å². The average Bonchev–Trinajstić information content (AvgIpc) is 3.23. The molecule has 0 radical (unpaired) electrons. The van der Waals surface area contributed by atoms with Gasteiger partial charge in [0, 0.05) is 30.3 Å². The summed E-state index contributed by atoms with van der Waals surface area (Å²) in [5.41, 5.74) is 0.294. The van der Waals surface area contributed by atoms with Gasteiger partial charge in [-0.05, 0) is 30.3 Å². The number of thioether (sulfide) groups is 1. The van der Waals surface area contributed by atoms with Gasteiger partial charge in [0.15, 0.2) is 17.3 Å². The van der Waals surface area contributed by atoms with E-state index < -0.39 is 11.6 Å². The summed E-state index contributed by atoms with van der Waals surface area (Å²) < 4.78 is 15.8. The van der Waals surface area contributed by atoms with E-state index in [-0.39, 0.29) is 22.9 Å². The van der Waals surface area contributed by atoms with Crippen molar-refractivity contribution in [2.75, 3.05) is 5.75 Å². The van der Waals surface area contributed by atoms with E-state index in [2.05, 4.69) is 15.3 Å². The highest BCUT2D eigenvalue weighted by Gasteiger charge is 2.12. The van der Waals surface area contributed by atoms with Gasteiger partial charge in [-0.3, -0.25) is 4.79 Å². The van der Waals surface area contributed by atoms with Crippen LogP contribution in [0.3, 0.4) is 0 Å². The van der Waals surface area contributed by atoms with Crippen molar-refractivity contribution in [1.82, 2.24) is 9.78 Å². The van der Waals surface area contributed by atoms with Crippen LogP contribution in [0.2, 0.25) is 0 Å². The Morgan fingerprint density at radius 3 is 2.64 bits per heavy atom. The fourth-order valence-corrected chi connectivity index (χ4v) is 3.10. The lowest BCUT2D eigenvalue weighted by Crippen LogP contribution is -2.01. The molecule has 8 heteroatoms. The second kappa shape index (κ2) is 9.09. The molecule has 0 aliphatic rings. The number of halogens is 1. The van der Waals surface area contributed by atoms with Crippen molar-refractivity contribution in [2.24, 2.45) is 10.2 Å². The molecule has 1 heterocycles. The second-order valence-electron chi connectivity index (χ2n) is 5.74. The number of hydrogen-bond donors (Lipinski definition) is 1. The largest absolute Gasteiger partial charge is 0.509 e. The van der Waals surface area contributed by atoms with Crippen molar-refractivity contribution < 1.29 is 14.3 Å². The van der Waals surface area contributed by atoms with Gasteiger partial charge in [-0.1, -0.05) is 18.2 Å². The normalized spacial score (nSPS) is 12.2. The van der Waals surface area contributed by atoms with E-state index >= 15 is 0 Å². The summed E-state index contributed by atoms with van der Waals surface area (Å²) >= 11 is 1.35. The van der Waals surface area contributed by atoms with Gasteiger partial charge in [-0.2, -0.15) is 5.10 Å². The molecule has 0 amide bonds. The molecule has 0 fully saturated rings. The summed E-state index contributed by atoms with van der Waals surface area (Å²) in [4.78, 5) is 12.8. The number of nitrogens with zero attached hydrogens (tertiary/aromatic N) is 4. The smallest absolute Gasteiger partial charge is 0.183 e. The van der Waals surface area contributed by atoms with E-state index in [1.165, 1.54) is 35.5 Å². The number of carbonyl (C=O) groups excluding carboxylic acids is 1. The number of aromatic nitrogens is 2. The minimum atomic E-state index is -0.613. The highest BCUT2D eigenvalue weighted by molar-refractivity contribution is 7.99. The van der Waals surface area contributed by atoms with Gasteiger partial charge in [-0.25, -0.2) is 9.07 Å². The minimum Gasteiger partial charge on any atom is -0.509 e. The van der Waals surface area contributed by atoms with Crippen molar-refractivity contribution in [3.8, 4) is 5.69 Å². The first kappa shape index (κ1) is 19.5. The lowest BCUT2D eigenvalue weighted by atomic mass is 10.2. The molecular formula is C20H17FN4O2S. The predicted octanol–water partition coefficient (Wildman–Crippen LogP) is 5.25. The Labute approximate surface area is 165 Å². The highest BCUT2D eigenvalue weighted by Crippen LogP contribution is 2.24. The number of hydrogen-bond acceptors (Lipinski definition) is 6. The first-order valence-electron chi connectivity index (χ1n) is 8.37.